The standard InChI is InChI=1S/C20H24N6O2/c1-13(12-27)24-19-22-9-15-6-8-26(11-17(15)25-19)20(28)23-10-16-4-2-3-14-5-7-21-18(14)16/h2-5,7,9,13,21,27H,6,8,10-12H2,1H3,(H,23,28)(H,22,24,25). The highest BCUT2D eigenvalue weighted by molar-refractivity contribution is 5.83. The van der Waals surface area contributed by atoms with Crippen molar-refractivity contribution >= 4 is 22.9 Å². The summed E-state index contributed by atoms with van der Waals surface area (Å²) in [5.74, 6) is 0.473. The number of carbonyl (C=O) groups excluding carboxylic acids is 1. The molecule has 8 heteroatoms. The minimum atomic E-state index is -0.128. The third-order valence-electron chi connectivity index (χ3n) is 4.99. The van der Waals surface area contributed by atoms with E-state index in [0.29, 0.717) is 25.6 Å². The number of amides is 2. The van der Waals surface area contributed by atoms with Gasteiger partial charge < -0.3 is 25.6 Å². The number of fused-ring (bicyclic) bond motifs is 2. The molecule has 1 aliphatic rings. The van der Waals surface area contributed by atoms with Crippen molar-refractivity contribution in [2.75, 3.05) is 18.5 Å². The minimum Gasteiger partial charge on any atom is -0.394 e. The number of benzene rings is 1. The summed E-state index contributed by atoms with van der Waals surface area (Å²) >= 11 is 0. The van der Waals surface area contributed by atoms with Gasteiger partial charge in [0, 0.05) is 31.5 Å². The van der Waals surface area contributed by atoms with E-state index in [1.165, 1.54) is 0 Å². The van der Waals surface area contributed by atoms with E-state index in [4.69, 9.17) is 0 Å². The molecule has 0 spiro atoms. The molecule has 1 unspecified atom stereocenters. The minimum absolute atomic E-state index is 0.00252. The molecular formula is C20H24N6O2. The molecule has 1 aliphatic heterocycles. The molecule has 0 bridgehead atoms. The predicted octanol–water partition coefficient (Wildman–Crippen LogP) is 2.02. The lowest BCUT2D eigenvalue weighted by molar-refractivity contribution is 0.191. The van der Waals surface area contributed by atoms with Crippen LogP contribution in [0.5, 0.6) is 0 Å². The number of nitrogens with zero attached hydrogens (tertiary/aromatic N) is 3. The number of nitrogens with one attached hydrogen (secondary N) is 3. The summed E-state index contributed by atoms with van der Waals surface area (Å²) in [5.41, 5.74) is 4.01. The normalized spacial score (nSPS) is 14.6. The molecule has 4 rings (SSSR count). The Morgan fingerprint density at radius 2 is 2.29 bits per heavy atom. The number of aromatic nitrogens is 3. The average molecular weight is 380 g/mol. The number of hydrogen-bond donors (Lipinski definition) is 4. The highest BCUT2D eigenvalue weighted by atomic mass is 16.3. The SMILES string of the molecule is CC(CO)Nc1ncc2c(n1)CN(C(=O)NCc1cccc3cc[nH]c13)CC2. The number of aliphatic hydroxyl groups is 1. The summed E-state index contributed by atoms with van der Waals surface area (Å²) in [5, 5.41) is 16.4. The van der Waals surface area contributed by atoms with E-state index in [1.807, 2.05) is 37.4 Å². The number of urea groups is 1. The van der Waals surface area contributed by atoms with E-state index in [-0.39, 0.29) is 18.7 Å². The summed E-state index contributed by atoms with van der Waals surface area (Å²) in [6, 6.07) is 7.83. The van der Waals surface area contributed by atoms with Gasteiger partial charge in [0.15, 0.2) is 0 Å². The van der Waals surface area contributed by atoms with E-state index in [1.54, 1.807) is 11.1 Å². The second-order valence-corrected chi connectivity index (χ2v) is 7.08. The van der Waals surface area contributed by atoms with Gasteiger partial charge in [-0.2, -0.15) is 0 Å². The molecule has 1 aromatic carbocycles. The summed E-state index contributed by atoms with van der Waals surface area (Å²) in [7, 11) is 0. The lowest BCUT2D eigenvalue weighted by Crippen LogP contribution is -2.43. The molecule has 0 aliphatic carbocycles. The van der Waals surface area contributed by atoms with Crippen molar-refractivity contribution in [3.8, 4) is 0 Å². The highest BCUT2D eigenvalue weighted by Crippen LogP contribution is 2.19. The van der Waals surface area contributed by atoms with Gasteiger partial charge >= 0.3 is 6.03 Å². The fourth-order valence-corrected chi connectivity index (χ4v) is 3.39. The van der Waals surface area contributed by atoms with Crippen molar-refractivity contribution in [2.24, 2.45) is 0 Å². The Morgan fingerprint density at radius 1 is 1.39 bits per heavy atom. The Balaban J connectivity index is 1.41. The highest BCUT2D eigenvalue weighted by Gasteiger charge is 2.22. The Kier molecular flexibility index (Phi) is 5.12. The number of hydrogen-bond acceptors (Lipinski definition) is 5. The number of para-hydroxylation sites is 1. The number of aromatic amines is 1. The number of aliphatic hydroxyl groups excluding tert-OH is 1. The first-order chi connectivity index (χ1) is 13.6. The molecule has 28 heavy (non-hydrogen) atoms. The van der Waals surface area contributed by atoms with Gasteiger partial charge in [0.25, 0.3) is 0 Å². The maximum atomic E-state index is 12.7. The molecule has 4 N–H and O–H groups in total. The van der Waals surface area contributed by atoms with Gasteiger partial charge in [-0.15, -0.1) is 0 Å². The molecule has 8 nitrogen and oxygen atoms in total. The van der Waals surface area contributed by atoms with Crippen LogP contribution in [-0.4, -0.2) is 50.2 Å². The summed E-state index contributed by atoms with van der Waals surface area (Å²) in [6.07, 6.45) is 4.43. The van der Waals surface area contributed by atoms with Crippen LogP contribution in [0.4, 0.5) is 10.7 Å². The Morgan fingerprint density at radius 3 is 3.14 bits per heavy atom. The van der Waals surface area contributed by atoms with E-state index >= 15 is 0 Å². The van der Waals surface area contributed by atoms with Crippen LogP contribution >= 0.6 is 0 Å². The molecule has 146 valence electrons. The van der Waals surface area contributed by atoms with Crippen LogP contribution in [0.2, 0.25) is 0 Å². The molecule has 3 heterocycles. The Bertz CT molecular complexity index is 986. The fraction of sp³-hybridized carbons (Fsp3) is 0.350. The van der Waals surface area contributed by atoms with Crippen molar-refractivity contribution in [1.82, 2.24) is 25.2 Å². The van der Waals surface area contributed by atoms with Gasteiger partial charge in [-0.1, -0.05) is 18.2 Å². The lowest BCUT2D eigenvalue weighted by Gasteiger charge is -2.28. The third kappa shape index (κ3) is 3.77. The maximum Gasteiger partial charge on any atom is 0.318 e. The van der Waals surface area contributed by atoms with Gasteiger partial charge in [-0.3, -0.25) is 0 Å². The monoisotopic (exact) mass is 380 g/mol. The second kappa shape index (κ2) is 7.85. The van der Waals surface area contributed by atoms with Crippen LogP contribution in [0.3, 0.4) is 0 Å². The zero-order chi connectivity index (χ0) is 19.5. The fourth-order valence-electron chi connectivity index (χ4n) is 3.39. The van der Waals surface area contributed by atoms with Crippen molar-refractivity contribution in [3.63, 3.8) is 0 Å². The summed E-state index contributed by atoms with van der Waals surface area (Å²) < 4.78 is 0. The second-order valence-electron chi connectivity index (χ2n) is 7.08. The Hall–Kier alpha value is -3.13. The topological polar surface area (TPSA) is 106 Å². The van der Waals surface area contributed by atoms with E-state index in [0.717, 1.165) is 34.1 Å². The van der Waals surface area contributed by atoms with Gasteiger partial charge in [-0.25, -0.2) is 14.8 Å². The quantitative estimate of drug-likeness (QED) is 0.542. The van der Waals surface area contributed by atoms with Crippen molar-refractivity contribution in [2.45, 2.75) is 32.5 Å². The van der Waals surface area contributed by atoms with Crippen LogP contribution < -0.4 is 10.6 Å². The molecule has 2 aromatic heterocycles. The van der Waals surface area contributed by atoms with E-state index in [9.17, 15) is 9.90 Å². The first-order valence-electron chi connectivity index (χ1n) is 9.44. The predicted molar refractivity (Wildman–Crippen MR) is 107 cm³/mol. The number of H-pyrrole nitrogens is 1. The zero-order valence-electron chi connectivity index (χ0n) is 15.8. The molecule has 0 saturated heterocycles. The number of rotatable bonds is 5. The number of anilines is 1. The van der Waals surface area contributed by atoms with Crippen LogP contribution in [0.15, 0.2) is 36.7 Å². The first-order valence-corrected chi connectivity index (χ1v) is 9.44. The van der Waals surface area contributed by atoms with Crippen LogP contribution in [0, 0.1) is 0 Å². The van der Waals surface area contributed by atoms with Crippen LogP contribution in [0.25, 0.3) is 10.9 Å². The molecule has 0 fully saturated rings. The molecular weight excluding hydrogens is 356 g/mol. The maximum absolute atomic E-state index is 12.7. The summed E-state index contributed by atoms with van der Waals surface area (Å²) in [6.45, 7) is 3.40. The average Bonchev–Trinajstić information content (AvgIpc) is 3.20. The van der Waals surface area contributed by atoms with Gasteiger partial charge in [-0.05, 0) is 35.9 Å². The third-order valence-corrected chi connectivity index (χ3v) is 4.99. The molecule has 3 aromatic rings. The van der Waals surface area contributed by atoms with E-state index < -0.39 is 0 Å². The van der Waals surface area contributed by atoms with E-state index in [2.05, 4.69) is 25.6 Å². The molecule has 0 saturated carbocycles. The van der Waals surface area contributed by atoms with Crippen LogP contribution in [-0.2, 0) is 19.5 Å². The zero-order valence-corrected chi connectivity index (χ0v) is 15.8. The molecule has 1 atom stereocenters. The van der Waals surface area contributed by atoms with Crippen molar-refractivity contribution in [3.05, 3.63) is 53.5 Å². The lowest BCUT2D eigenvalue weighted by atomic mass is 10.1. The molecule has 2 amide bonds. The van der Waals surface area contributed by atoms with Crippen molar-refractivity contribution in [1.29, 1.82) is 0 Å². The smallest absolute Gasteiger partial charge is 0.318 e. The molecule has 0 radical (unpaired) electrons. The van der Waals surface area contributed by atoms with Gasteiger partial charge in [0.1, 0.15) is 0 Å². The van der Waals surface area contributed by atoms with Crippen molar-refractivity contribution < 1.29 is 9.90 Å². The van der Waals surface area contributed by atoms with Crippen LogP contribution in [0.1, 0.15) is 23.7 Å². The van der Waals surface area contributed by atoms with Gasteiger partial charge in [0.05, 0.1) is 24.4 Å². The Labute approximate surface area is 163 Å². The summed E-state index contributed by atoms with van der Waals surface area (Å²) in [4.78, 5) is 26.5. The largest absolute Gasteiger partial charge is 0.394 e. The first kappa shape index (κ1) is 18.2. The number of carbonyl (C=O) groups is 1. The van der Waals surface area contributed by atoms with Gasteiger partial charge in [0.2, 0.25) is 5.95 Å².